The van der Waals surface area contributed by atoms with Gasteiger partial charge in [0.15, 0.2) is 0 Å². The second-order valence-electron chi connectivity index (χ2n) is 3.50. The average molecular weight is 173 g/mol. The fourth-order valence-corrected chi connectivity index (χ4v) is 2.03. The molecule has 13 heavy (non-hydrogen) atoms. The van der Waals surface area contributed by atoms with Crippen LogP contribution in [0.25, 0.3) is 11.0 Å². The van der Waals surface area contributed by atoms with Crippen LogP contribution >= 0.6 is 0 Å². The lowest BCUT2D eigenvalue weighted by molar-refractivity contribution is 0.533. The SMILES string of the molecule is c1cc2c(cn1)nc1n2CCCC1. The highest BCUT2D eigenvalue weighted by atomic mass is 15.1. The highest BCUT2D eigenvalue weighted by molar-refractivity contribution is 5.74. The van der Waals surface area contributed by atoms with Gasteiger partial charge in [-0.3, -0.25) is 4.98 Å². The molecule has 0 atom stereocenters. The van der Waals surface area contributed by atoms with E-state index in [2.05, 4.69) is 20.6 Å². The molecule has 0 radical (unpaired) electrons. The molecule has 0 aliphatic carbocycles. The highest BCUT2D eigenvalue weighted by Gasteiger charge is 2.13. The van der Waals surface area contributed by atoms with E-state index in [4.69, 9.17) is 0 Å². The topological polar surface area (TPSA) is 30.7 Å². The number of pyridine rings is 1. The minimum atomic E-state index is 1.04. The molecule has 0 fully saturated rings. The molecule has 0 N–H and O–H groups in total. The van der Waals surface area contributed by atoms with Crippen molar-refractivity contribution in [1.82, 2.24) is 14.5 Å². The zero-order valence-electron chi connectivity index (χ0n) is 7.40. The van der Waals surface area contributed by atoms with Crippen LogP contribution in [-0.2, 0) is 13.0 Å². The van der Waals surface area contributed by atoms with Crippen LogP contribution in [0.1, 0.15) is 18.7 Å². The molecule has 3 heterocycles. The number of rotatable bonds is 0. The van der Waals surface area contributed by atoms with E-state index in [-0.39, 0.29) is 0 Å². The Morgan fingerprint density at radius 2 is 2.31 bits per heavy atom. The van der Waals surface area contributed by atoms with Crippen molar-refractivity contribution in [1.29, 1.82) is 0 Å². The van der Waals surface area contributed by atoms with Gasteiger partial charge >= 0.3 is 0 Å². The van der Waals surface area contributed by atoms with E-state index < -0.39 is 0 Å². The summed E-state index contributed by atoms with van der Waals surface area (Å²) in [5.41, 5.74) is 2.28. The van der Waals surface area contributed by atoms with E-state index in [9.17, 15) is 0 Å². The summed E-state index contributed by atoms with van der Waals surface area (Å²) in [4.78, 5) is 8.63. The van der Waals surface area contributed by atoms with Gasteiger partial charge in [0.2, 0.25) is 0 Å². The van der Waals surface area contributed by atoms with Gasteiger partial charge in [0, 0.05) is 19.2 Å². The van der Waals surface area contributed by atoms with Crippen molar-refractivity contribution >= 4 is 11.0 Å². The Bertz CT molecular complexity index is 444. The second kappa shape index (κ2) is 2.55. The average Bonchev–Trinajstić information content (AvgIpc) is 2.56. The lowest BCUT2D eigenvalue weighted by atomic mass is 10.2. The van der Waals surface area contributed by atoms with Crippen molar-refractivity contribution in [2.24, 2.45) is 0 Å². The molecular weight excluding hydrogens is 162 g/mol. The van der Waals surface area contributed by atoms with Crippen LogP contribution in [0.5, 0.6) is 0 Å². The van der Waals surface area contributed by atoms with E-state index in [1.807, 2.05) is 12.4 Å². The lowest BCUT2D eigenvalue weighted by Gasteiger charge is -2.13. The van der Waals surface area contributed by atoms with Crippen LogP contribution in [0.2, 0.25) is 0 Å². The number of imidazole rings is 1. The first-order valence-corrected chi connectivity index (χ1v) is 4.74. The Kier molecular flexibility index (Phi) is 1.39. The maximum absolute atomic E-state index is 4.55. The Morgan fingerprint density at radius 3 is 3.31 bits per heavy atom. The zero-order chi connectivity index (χ0) is 8.67. The number of nitrogens with zero attached hydrogens (tertiary/aromatic N) is 3. The third kappa shape index (κ3) is 0.963. The number of fused-ring (bicyclic) bond motifs is 3. The summed E-state index contributed by atoms with van der Waals surface area (Å²) in [6.45, 7) is 1.12. The molecule has 0 spiro atoms. The van der Waals surface area contributed by atoms with Crippen molar-refractivity contribution in [2.75, 3.05) is 0 Å². The Balaban J connectivity index is 2.34. The van der Waals surface area contributed by atoms with Crippen molar-refractivity contribution in [3.63, 3.8) is 0 Å². The second-order valence-corrected chi connectivity index (χ2v) is 3.50. The molecule has 66 valence electrons. The minimum absolute atomic E-state index is 1.04. The molecule has 2 aromatic heterocycles. The summed E-state index contributed by atoms with van der Waals surface area (Å²) in [7, 11) is 0. The Hall–Kier alpha value is -1.38. The smallest absolute Gasteiger partial charge is 0.109 e. The molecule has 3 nitrogen and oxygen atoms in total. The third-order valence-electron chi connectivity index (χ3n) is 2.66. The highest BCUT2D eigenvalue weighted by Crippen LogP contribution is 2.20. The summed E-state index contributed by atoms with van der Waals surface area (Å²) in [5, 5.41) is 0. The Morgan fingerprint density at radius 1 is 1.31 bits per heavy atom. The van der Waals surface area contributed by atoms with Crippen molar-refractivity contribution in [2.45, 2.75) is 25.8 Å². The fourth-order valence-electron chi connectivity index (χ4n) is 2.03. The quantitative estimate of drug-likeness (QED) is 0.607. The van der Waals surface area contributed by atoms with Crippen molar-refractivity contribution in [3.05, 3.63) is 24.3 Å². The number of aryl methyl sites for hydroxylation is 2. The third-order valence-corrected chi connectivity index (χ3v) is 2.66. The first-order chi connectivity index (χ1) is 6.45. The predicted molar refractivity (Wildman–Crippen MR) is 50.5 cm³/mol. The van der Waals surface area contributed by atoms with Crippen LogP contribution in [0, 0.1) is 0 Å². The molecule has 1 aliphatic rings. The monoisotopic (exact) mass is 173 g/mol. The molecular formula is C10H11N3. The molecule has 2 aromatic rings. The summed E-state index contributed by atoms with van der Waals surface area (Å²) in [6, 6.07) is 2.05. The van der Waals surface area contributed by atoms with E-state index in [0.29, 0.717) is 0 Å². The number of hydrogen-bond donors (Lipinski definition) is 0. The fraction of sp³-hybridized carbons (Fsp3) is 0.400. The van der Waals surface area contributed by atoms with E-state index in [0.717, 1.165) is 18.5 Å². The van der Waals surface area contributed by atoms with Crippen molar-refractivity contribution < 1.29 is 0 Å². The maximum Gasteiger partial charge on any atom is 0.109 e. The maximum atomic E-state index is 4.55. The van der Waals surface area contributed by atoms with E-state index in [1.54, 1.807) is 0 Å². The van der Waals surface area contributed by atoms with Gasteiger partial charge in [-0.05, 0) is 18.9 Å². The summed E-state index contributed by atoms with van der Waals surface area (Å²) in [6.07, 6.45) is 7.36. The Labute approximate surface area is 76.4 Å². The van der Waals surface area contributed by atoms with Crippen LogP contribution in [0.3, 0.4) is 0 Å². The van der Waals surface area contributed by atoms with Gasteiger partial charge in [-0.1, -0.05) is 0 Å². The molecule has 1 aliphatic heterocycles. The standard InChI is InChI=1S/C10H11N3/c1-2-6-13-9-4-5-11-7-8(9)12-10(13)3-1/h4-5,7H,1-3,6H2. The van der Waals surface area contributed by atoms with Crippen LogP contribution < -0.4 is 0 Å². The molecule has 0 amide bonds. The number of aromatic nitrogens is 3. The van der Waals surface area contributed by atoms with Gasteiger partial charge in [0.1, 0.15) is 11.3 Å². The summed E-state index contributed by atoms with van der Waals surface area (Å²) < 4.78 is 2.32. The molecule has 0 unspecified atom stereocenters. The first-order valence-electron chi connectivity index (χ1n) is 4.74. The minimum Gasteiger partial charge on any atom is -0.328 e. The van der Waals surface area contributed by atoms with Gasteiger partial charge in [-0.2, -0.15) is 0 Å². The van der Waals surface area contributed by atoms with Crippen LogP contribution in [0.15, 0.2) is 18.5 Å². The van der Waals surface area contributed by atoms with E-state index >= 15 is 0 Å². The van der Waals surface area contributed by atoms with Gasteiger partial charge in [-0.25, -0.2) is 4.98 Å². The molecule has 0 bridgehead atoms. The van der Waals surface area contributed by atoms with Gasteiger partial charge in [-0.15, -0.1) is 0 Å². The summed E-state index contributed by atoms with van der Waals surface area (Å²) >= 11 is 0. The van der Waals surface area contributed by atoms with Gasteiger partial charge in [0.25, 0.3) is 0 Å². The largest absolute Gasteiger partial charge is 0.328 e. The van der Waals surface area contributed by atoms with E-state index in [1.165, 1.54) is 24.2 Å². The molecule has 3 heteroatoms. The van der Waals surface area contributed by atoms with Crippen molar-refractivity contribution in [3.8, 4) is 0 Å². The van der Waals surface area contributed by atoms with Crippen LogP contribution in [-0.4, -0.2) is 14.5 Å². The summed E-state index contributed by atoms with van der Waals surface area (Å²) in [5.74, 6) is 1.23. The number of hydrogen-bond acceptors (Lipinski definition) is 2. The molecule has 3 rings (SSSR count). The molecule has 0 saturated heterocycles. The molecule has 0 saturated carbocycles. The predicted octanol–water partition coefficient (Wildman–Crippen LogP) is 1.77. The zero-order valence-corrected chi connectivity index (χ0v) is 7.40. The van der Waals surface area contributed by atoms with Gasteiger partial charge in [0.05, 0.1) is 11.7 Å². The molecule has 0 aromatic carbocycles. The van der Waals surface area contributed by atoms with Gasteiger partial charge < -0.3 is 4.57 Å². The normalized spacial score (nSPS) is 16.0. The lowest BCUT2D eigenvalue weighted by Crippen LogP contribution is -2.09. The first kappa shape index (κ1) is 7.06. The van der Waals surface area contributed by atoms with Crippen LogP contribution in [0.4, 0.5) is 0 Å².